The highest BCUT2D eigenvalue weighted by Gasteiger charge is 2.31. The third-order valence-electron chi connectivity index (χ3n) is 6.20. The first-order valence-corrected chi connectivity index (χ1v) is 9.82. The van der Waals surface area contributed by atoms with E-state index in [0.717, 1.165) is 49.9 Å². The molecular formula is C21H27ClFN3O3. The Labute approximate surface area is 175 Å². The Bertz CT molecular complexity index is 1010. The van der Waals surface area contributed by atoms with Gasteiger partial charge >= 0.3 is 5.97 Å². The molecule has 29 heavy (non-hydrogen) atoms. The summed E-state index contributed by atoms with van der Waals surface area (Å²) in [6.45, 7) is 3.36. The van der Waals surface area contributed by atoms with E-state index in [1.54, 1.807) is 0 Å². The quantitative estimate of drug-likeness (QED) is 0.817. The van der Waals surface area contributed by atoms with Crippen LogP contribution in [0.5, 0.6) is 0 Å². The Hall–Kier alpha value is -2.12. The van der Waals surface area contributed by atoms with Gasteiger partial charge in [-0.15, -0.1) is 12.4 Å². The van der Waals surface area contributed by atoms with E-state index in [4.69, 9.17) is 0 Å². The molecule has 2 aromatic rings. The van der Waals surface area contributed by atoms with Crippen molar-refractivity contribution in [3.05, 3.63) is 45.1 Å². The van der Waals surface area contributed by atoms with Crippen LogP contribution in [0.4, 0.5) is 10.1 Å². The first-order chi connectivity index (χ1) is 13.3. The molecule has 0 unspecified atom stereocenters. The Kier molecular flexibility index (Phi) is 5.92. The van der Waals surface area contributed by atoms with Crippen molar-refractivity contribution in [3.8, 4) is 0 Å². The van der Waals surface area contributed by atoms with Crippen LogP contribution in [0.25, 0.3) is 5.52 Å². The highest BCUT2D eigenvalue weighted by Crippen LogP contribution is 2.44. The van der Waals surface area contributed by atoms with E-state index in [-0.39, 0.29) is 23.9 Å². The predicted molar refractivity (Wildman–Crippen MR) is 113 cm³/mol. The van der Waals surface area contributed by atoms with Gasteiger partial charge in [0.2, 0.25) is 0 Å². The number of fused-ring (bicyclic) bond motifs is 1. The molecule has 0 aromatic carbocycles. The lowest BCUT2D eigenvalue weighted by Gasteiger charge is -2.37. The molecule has 0 spiro atoms. The van der Waals surface area contributed by atoms with Crippen molar-refractivity contribution in [2.45, 2.75) is 44.6 Å². The number of aromatic carboxylic acids is 1. The number of carboxylic acids is 1. The summed E-state index contributed by atoms with van der Waals surface area (Å²) in [5.74, 6) is -1.50. The average molecular weight is 424 g/mol. The van der Waals surface area contributed by atoms with Gasteiger partial charge in [-0.25, -0.2) is 9.18 Å². The molecule has 6 nitrogen and oxygen atoms in total. The lowest BCUT2D eigenvalue weighted by atomic mass is 9.99. The number of carbonyl (C=O) groups is 1. The molecule has 8 heteroatoms. The summed E-state index contributed by atoms with van der Waals surface area (Å²) >= 11 is 0. The smallest absolute Gasteiger partial charge is 0.341 e. The van der Waals surface area contributed by atoms with Crippen molar-refractivity contribution in [3.63, 3.8) is 0 Å². The molecule has 0 atom stereocenters. The van der Waals surface area contributed by atoms with Gasteiger partial charge in [0.15, 0.2) is 5.82 Å². The second-order valence-corrected chi connectivity index (χ2v) is 8.25. The zero-order valence-corrected chi connectivity index (χ0v) is 17.8. The third-order valence-corrected chi connectivity index (χ3v) is 6.20. The van der Waals surface area contributed by atoms with Crippen LogP contribution in [-0.4, -0.2) is 53.6 Å². The zero-order valence-electron chi connectivity index (χ0n) is 16.9. The second-order valence-electron chi connectivity index (χ2n) is 8.25. The number of hydrogen-bond acceptors (Lipinski definition) is 4. The summed E-state index contributed by atoms with van der Waals surface area (Å²) in [4.78, 5) is 28.5. The van der Waals surface area contributed by atoms with Crippen LogP contribution < -0.4 is 10.5 Å². The van der Waals surface area contributed by atoms with Crippen molar-refractivity contribution in [2.75, 3.05) is 32.1 Å². The molecule has 2 aromatic heterocycles. The number of carboxylic acid groups (broad SMARTS) is 1. The standard InChI is InChI=1S/C21H26FN3O3.ClH/c1-12-18-15(13-4-5-13)10-16(21(27)28)20(26)25(18)11-17(22)19(12)24-8-6-14(7-9-24)23(2)3;/h10-11,13-14H,4-9H2,1-3H3,(H,27,28);1H. The van der Waals surface area contributed by atoms with Crippen molar-refractivity contribution in [2.24, 2.45) is 0 Å². The maximum absolute atomic E-state index is 15.1. The van der Waals surface area contributed by atoms with Gasteiger partial charge < -0.3 is 14.9 Å². The number of rotatable bonds is 4. The van der Waals surface area contributed by atoms with Crippen LogP contribution >= 0.6 is 12.4 Å². The average Bonchev–Trinajstić information content (AvgIpc) is 3.47. The fourth-order valence-corrected chi connectivity index (χ4v) is 4.49. The van der Waals surface area contributed by atoms with Crippen molar-refractivity contribution < 1.29 is 14.3 Å². The van der Waals surface area contributed by atoms with Gasteiger partial charge in [-0.05, 0) is 69.8 Å². The van der Waals surface area contributed by atoms with Crippen LogP contribution in [0, 0.1) is 12.7 Å². The lowest BCUT2D eigenvalue weighted by molar-refractivity contribution is 0.0694. The first kappa shape index (κ1) is 21.6. The maximum Gasteiger partial charge on any atom is 0.341 e. The van der Waals surface area contributed by atoms with E-state index in [1.165, 1.54) is 16.7 Å². The monoisotopic (exact) mass is 423 g/mol. The lowest BCUT2D eigenvalue weighted by Crippen LogP contribution is -2.42. The van der Waals surface area contributed by atoms with Crippen LogP contribution in [0.15, 0.2) is 17.1 Å². The highest BCUT2D eigenvalue weighted by molar-refractivity contribution is 5.89. The number of pyridine rings is 2. The normalized spacial score (nSPS) is 17.6. The number of hydrogen-bond donors (Lipinski definition) is 1. The number of nitrogens with zero attached hydrogens (tertiary/aromatic N) is 3. The van der Waals surface area contributed by atoms with E-state index in [2.05, 4.69) is 23.9 Å². The molecule has 4 rings (SSSR count). The van der Waals surface area contributed by atoms with Crippen LogP contribution in [0.3, 0.4) is 0 Å². The fourth-order valence-electron chi connectivity index (χ4n) is 4.49. The summed E-state index contributed by atoms with van der Waals surface area (Å²) < 4.78 is 16.3. The topological polar surface area (TPSA) is 65.3 Å². The summed E-state index contributed by atoms with van der Waals surface area (Å²) in [6, 6.07) is 1.99. The molecule has 1 aliphatic heterocycles. The number of anilines is 1. The number of halogens is 2. The Morgan fingerprint density at radius 3 is 2.34 bits per heavy atom. The minimum absolute atomic E-state index is 0. The number of piperidine rings is 1. The Morgan fingerprint density at radius 1 is 1.21 bits per heavy atom. The van der Waals surface area contributed by atoms with Gasteiger partial charge in [0.1, 0.15) is 5.56 Å². The molecule has 0 bridgehead atoms. The van der Waals surface area contributed by atoms with Crippen LogP contribution in [-0.2, 0) is 0 Å². The van der Waals surface area contributed by atoms with Crippen LogP contribution in [0.1, 0.15) is 53.1 Å². The van der Waals surface area contributed by atoms with E-state index in [1.807, 2.05) is 6.92 Å². The summed E-state index contributed by atoms with van der Waals surface area (Å²) in [6.07, 6.45) is 5.02. The maximum atomic E-state index is 15.1. The number of aromatic nitrogens is 1. The molecule has 2 aliphatic rings. The van der Waals surface area contributed by atoms with E-state index in [9.17, 15) is 14.7 Å². The molecule has 1 aliphatic carbocycles. The van der Waals surface area contributed by atoms with Gasteiger partial charge in [-0.3, -0.25) is 9.20 Å². The summed E-state index contributed by atoms with van der Waals surface area (Å²) in [5, 5.41) is 9.40. The fraction of sp³-hybridized carbons (Fsp3) is 0.524. The van der Waals surface area contributed by atoms with E-state index in [0.29, 0.717) is 17.2 Å². The molecule has 0 amide bonds. The van der Waals surface area contributed by atoms with Gasteiger partial charge in [0.25, 0.3) is 5.56 Å². The third kappa shape index (κ3) is 3.73. The van der Waals surface area contributed by atoms with Crippen molar-refractivity contribution in [1.82, 2.24) is 9.30 Å². The van der Waals surface area contributed by atoms with Crippen LogP contribution in [0.2, 0.25) is 0 Å². The molecule has 1 saturated carbocycles. The molecule has 3 heterocycles. The highest BCUT2D eigenvalue weighted by atomic mass is 35.5. The van der Waals surface area contributed by atoms with Crippen molar-refractivity contribution in [1.29, 1.82) is 0 Å². The second kappa shape index (κ2) is 7.95. The largest absolute Gasteiger partial charge is 0.477 e. The molecule has 2 fully saturated rings. The minimum Gasteiger partial charge on any atom is -0.477 e. The zero-order chi connectivity index (χ0) is 20.2. The molecule has 1 saturated heterocycles. The summed E-state index contributed by atoms with van der Waals surface area (Å²) in [5.41, 5.74) is 1.81. The number of aryl methyl sites for hydroxylation is 1. The SMILES string of the molecule is Cc1c(N2CCC(N(C)C)CC2)c(F)cn2c(=O)c(C(=O)O)cc(C3CC3)c12.Cl. The van der Waals surface area contributed by atoms with Gasteiger partial charge in [0.05, 0.1) is 17.4 Å². The van der Waals surface area contributed by atoms with Gasteiger partial charge in [-0.2, -0.15) is 0 Å². The molecular weight excluding hydrogens is 397 g/mol. The molecule has 0 radical (unpaired) electrons. The predicted octanol–water partition coefficient (Wildman–Crippen LogP) is 3.27. The van der Waals surface area contributed by atoms with E-state index < -0.39 is 17.3 Å². The van der Waals surface area contributed by atoms with Gasteiger partial charge in [0, 0.05) is 19.1 Å². The summed E-state index contributed by atoms with van der Waals surface area (Å²) in [7, 11) is 4.13. The van der Waals surface area contributed by atoms with Crippen molar-refractivity contribution >= 4 is 29.6 Å². The van der Waals surface area contributed by atoms with E-state index >= 15 is 4.39 Å². The molecule has 158 valence electrons. The Balaban J connectivity index is 0.00000240. The first-order valence-electron chi connectivity index (χ1n) is 9.82. The Morgan fingerprint density at radius 2 is 1.83 bits per heavy atom. The molecule has 1 N–H and O–H groups in total. The minimum atomic E-state index is -1.27. The van der Waals surface area contributed by atoms with Gasteiger partial charge in [-0.1, -0.05) is 0 Å².